The second-order valence-electron chi connectivity index (χ2n) is 6.43. The highest BCUT2D eigenvalue weighted by Gasteiger charge is 2.17. The highest BCUT2D eigenvalue weighted by Crippen LogP contribution is 2.19. The van der Waals surface area contributed by atoms with Crippen molar-refractivity contribution in [1.82, 2.24) is 20.1 Å². The zero-order valence-electron chi connectivity index (χ0n) is 15.6. The maximum Gasteiger partial charge on any atom is 0.230 e. The summed E-state index contributed by atoms with van der Waals surface area (Å²) in [6.07, 6.45) is 2.94. The molecule has 1 atom stereocenters. The van der Waals surface area contributed by atoms with Gasteiger partial charge in [-0.1, -0.05) is 42.1 Å². The van der Waals surface area contributed by atoms with Crippen LogP contribution in [-0.4, -0.2) is 59.4 Å². The molecule has 27 heavy (non-hydrogen) atoms. The number of benzene rings is 1. The summed E-state index contributed by atoms with van der Waals surface area (Å²) in [6.45, 7) is 2.60. The van der Waals surface area contributed by atoms with E-state index in [0.29, 0.717) is 31.9 Å². The predicted molar refractivity (Wildman–Crippen MR) is 104 cm³/mol. The molecule has 0 unspecified atom stereocenters. The fourth-order valence-corrected chi connectivity index (χ4v) is 3.77. The average Bonchev–Trinajstić information content (AvgIpc) is 3.34. The van der Waals surface area contributed by atoms with Crippen molar-refractivity contribution in [2.24, 2.45) is 0 Å². The molecule has 1 amide bonds. The van der Waals surface area contributed by atoms with Gasteiger partial charge in [0.05, 0.1) is 18.5 Å². The standard InChI is InChI=1S/C19H26N4O3S/c1-25-11-9-23-17(12-15-6-3-2-4-7-15)21-22-19(23)27-14-18(24)20-13-16-8-5-10-26-16/h2-4,6-7,16H,5,8-14H2,1H3,(H,20,24)/t16-/m0/s1. The molecule has 2 aromatic rings. The molecule has 7 nitrogen and oxygen atoms in total. The van der Waals surface area contributed by atoms with Gasteiger partial charge < -0.3 is 19.4 Å². The summed E-state index contributed by atoms with van der Waals surface area (Å²) < 4.78 is 12.8. The van der Waals surface area contributed by atoms with Gasteiger partial charge in [0.1, 0.15) is 5.82 Å². The van der Waals surface area contributed by atoms with Gasteiger partial charge in [0, 0.05) is 33.2 Å². The van der Waals surface area contributed by atoms with E-state index < -0.39 is 0 Å². The first-order valence-electron chi connectivity index (χ1n) is 9.22. The quantitative estimate of drug-likeness (QED) is 0.625. The molecule has 146 valence electrons. The van der Waals surface area contributed by atoms with Crippen molar-refractivity contribution in [3.8, 4) is 0 Å². The van der Waals surface area contributed by atoms with Crippen molar-refractivity contribution < 1.29 is 14.3 Å². The minimum atomic E-state index is -0.0126. The summed E-state index contributed by atoms with van der Waals surface area (Å²) in [5, 5.41) is 12.3. The Morgan fingerprint density at radius 2 is 2.22 bits per heavy atom. The maximum atomic E-state index is 12.1. The lowest BCUT2D eigenvalue weighted by Gasteiger charge is -2.11. The Labute approximate surface area is 163 Å². The largest absolute Gasteiger partial charge is 0.383 e. The van der Waals surface area contributed by atoms with Gasteiger partial charge >= 0.3 is 0 Å². The summed E-state index contributed by atoms with van der Waals surface area (Å²) in [5.74, 6) is 1.17. The third-order valence-electron chi connectivity index (χ3n) is 4.40. The molecular formula is C19H26N4O3S. The van der Waals surface area contributed by atoms with Gasteiger partial charge in [-0.05, 0) is 18.4 Å². The Hall–Kier alpha value is -1.90. The SMILES string of the molecule is COCCn1c(Cc2ccccc2)nnc1SCC(=O)NC[C@@H]1CCCO1. The van der Waals surface area contributed by atoms with Crippen molar-refractivity contribution in [3.63, 3.8) is 0 Å². The zero-order chi connectivity index (χ0) is 18.9. The maximum absolute atomic E-state index is 12.1. The smallest absolute Gasteiger partial charge is 0.230 e. The number of hydrogen-bond acceptors (Lipinski definition) is 6. The van der Waals surface area contributed by atoms with Gasteiger partial charge in [0.25, 0.3) is 0 Å². The van der Waals surface area contributed by atoms with Gasteiger partial charge in [0.15, 0.2) is 5.16 Å². The van der Waals surface area contributed by atoms with Crippen LogP contribution in [0, 0.1) is 0 Å². The number of aromatic nitrogens is 3. The molecule has 1 aliphatic rings. The number of rotatable bonds is 10. The Balaban J connectivity index is 1.57. The van der Waals surface area contributed by atoms with E-state index in [1.54, 1.807) is 7.11 Å². The van der Waals surface area contributed by atoms with Crippen LogP contribution >= 0.6 is 11.8 Å². The molecule has 2 heterocycles. The Morgan fingerprint density at radius 1 is 1.37 bits per heavy atom. The van der Waals surface area contributed by atoms with Crippen LogP contribution in [0.3, 0.4) is 0 Å². The van der Waals surface area contributed by atoms with E-state index in [2.05, 4.69) is 27.6 Å². The van der Waals surface area contributed by atoms with E-state index in [-0.39, 0.29) is 12.0 Å². The average molecular weight is 391 g/mol. The molecule has 0 aliphatic carbocycles. The van der Waals surface area contributed by atoms with Crippen molar-refractivity contribution in [2.75, 3.05) is 32.6 Å². The number of thioether (sulfide) groups is 1. The van der Waals surface area contributed by atoms with E-state index in [4.69, 9.17) is 9.47 Å². The van der Waals surface area contributed by atoms with E-state index in [9.17, 15) is 4.79 Å². The molecule has 1 saturated heterocycles. The molecule has 0 spiro atoms. The fourth-order valence-electron chi connectivity index (χ4n) is 2.96. The third-order valence-corrected chi connectivity index (χ3v) is 5.37. The second-order valence-corrected chi connectivity index (χ2v) is 7.38. The summed E-state index contributed by atoms with van der Waals surface area (Å²) in [5.41, 5.74) is 1.18. The molecule has 1 fully saturated rings. The minimum Gasteiger partial charge on any atom is -0.383 e. The van der Waals surface area contributed by atoms with Crippen LogP contribution in [0.5, 0.6) is 0 Å². The van der Waals surface area contributed by atoms with Crippen molar-refractivity contribution in [3.05, 3.63) is 41.7 Å². The van der Waals surface area contributed by atoms with Crippen LogP contribution < -0.4 is 5.32 Å². The molecule has 0 radical (unpaired) electrons. The molecule has 8 heteroatoms. The van der Waals surface area contributed by atoms with Crippen molar-refractivity contribution >= 4 is 17.7 Å². The molecule has 1 N–H and O–H groups in total. The van der Waals surface area contributed by atoms with Crippen LogP contribution in [0.2, 0.25) is 0 Å². The summed E-state index contributed by atoms with van der Waals surface area (Å²) in [7, 11) is 1.67. The molecule has 0 saturated carbocycles. The van der Waals surface area contributed by atoms with Gasteiger partial charge in [0.2, 0.25) is 5.91 Å². The Morgan fingerprint density at radius 3 is 2.96 bits per heavy atom. The van der Waals surface area contributed by atoms with Gasteiger partial charge in [-0.15, -0.1) is 10.2 Å². The van der Waals surface area contributed by atoms with Crippen LogP contribution in [0.1, 0.15) is 24.2 Å². The Bertz CT molecular complexity index is 717. The monoisotopic (exact) mass is 390 g/mol. The van der Waals surface area contributed by atoms with Crippen LogP contribution in [0.25, 0.3) is 0 Å². The van der Waals surface area contributed by atoms with Crippen LogP contribution in [0.4, 0.5) is 0 Å². The fraction of sp³-hybridized carbons (Fsp3) is 0.526. The van der Waals surface area contributed by atoms with E-state index in [1.807, 2.05) is 22.8 Å². The molecule has 3 rings (SSSR count). The first-order valence-corrected chi connectivity index (χ1v) is 10.2. The van der Waals surface area contributed by atoms with Crippen molar-refractivity contribution in [2.45, 2.75) is 37.1 Å². The number of carbonyl (C=O) groups excluding carboxylic acids is 1. The van der Waals surface area contributed by atoms with Crippen molar-refractivity contribution in [1.29, 1.82) is 0 Å². The number of methoxy groups -OCH3 is 1. The molecular weight excluding hydrogens is 364 g/mol. The first-order chi connectivity index (χ1) is 13.3. The third kappa shape index (κ3) is 6.05. The molecule has 1 aromatic carbocycles. The number of nitrogens with one attached hydrogen (secondary N) is 1. The van der Waals surface area contributed by atoms with Gasteiger partial charge in [-0.25, -0.2) is 0 Å². The highest BCUT2D eigenvalue weighted by molar-refractivity contribution is 7.99. The van der Waals surface area contributed by atoms with Gasteiger partial charge in [-0.3, -0.25) is 4.79 Å². The van der Waals surface area contributed by atoms with Crippen LogP contribution in [-0.2, 0) is 27.2 Å². The normalized spacial score (nSPS) is 16.6. The zero-order valence-corrected chi connectivity index (χ0v) is 16.4. The first kappa shape index (κ1) is 19.9. The highest BCUT2D eigenvalue weighted by atomic mass is 32.2. The lowest BCUT2D eigenvalue weighted by Crippen LogP contribution is -2.33. The van der Waals surface area contributed by atoms with Crippen LogP contribution in [0.15, 0.2) is 35.5 Å². The summed E-state index contributed by atoms with van der Waals surface area (Å²) >= 11 is 1.40. The molecule has 1 aromatic heterocycles. The van der Waals surface area contributed by atoms with E-state index in [1.165, 1.54) is 17.3 Å². The number of ether oxygens (including phenoxy) is 2. The minimum absolute atomic E-state index is 0.0126. The Kier molecular flexibility index (Phi) is 7.67. The molecule has 0 bridgehead atoms. The predicted octanol–water partition coefficient (Wildman–Crippen LogP) is 1.90. The number of amides is 1. The summed E-state index contributed by atoms with van der Waals surface area (Å²) in [4.78, 5) is 12.1. The number of hydrogen-bond donors (Lipinski definition) is 1. The molecule has 1 aliphatic heterocycles. The van der Waals surface area contributed by atoms with E-state index >= 15 is 0 Å². The topological polar surface area (TPSA) is 78.3 Å². The number of nitrogens with zero attached hydrogens (tertiary/aromatic N) is 3. The second kappa shape index (κ2) is 10.4. The summed E-state index contributed by atoms with van der Waals surface area (Å²) in [6, 6.07) is 10.2. The van der Waals surface area contributed by atoms with E-state index in [0.717, 1.165) is 30.4 Å². The lowest BCUT2D eigenvalue weighted by molar-refractivity contribution is -0.119. The van der Waals surface area contributed by atoms with Gasteiger partial charge in [-0.2, -0.15) is 0 Å². The number of carbonyl (C=O) groups is 1. The lowest BCUT2D eigenvalue weighted by atomic mass is 10.1.